The van der Waals surface area contributed by atoms with Gasteiger partial charge in [-0.25, -0.2) is 0 Å². The Bertz CT molecular complexity index is 635. The van der Waals surface area contributed by atoms with Crippen LogP contribution in [0.4, 0.5) is 0 Å². The molecule has 0 unspecified atom stereocenters. The third-order valence-corrected chi connectivity index (χ3v) is 5.35. The second-order valence-electron chi connectivity index (χ2n) is 8.13. The van der Waals surface area contributed by atoms with Crippen molar-refractivity contribution in [3.63, 3.8) is 0 Å². The third kappa shape index (κ3) is 6.92. The maximum Gasteiger partial charge on any atom is 0.227 e. The van der Waals surface area contributed by atoms with Crippen LogP contribution in [0, 0.1) is 5.92 Å². The van der Waals surface area contributed by atoms with Crippen LogP contribution in [0.5, 0.6) is 0 Å². The number of hydrogen-bond acceptors (Lipinski definition) is 2. The molecule has 3 nitrogen and oxygen atoms in total. The van der Waals surface area contributed by atoms with E-state index in [-0.39, 0.29) is 11.8 Å². The number of rotatable bonds is 9. The van der Waals surface area contributed by atoms with Crippen molar-refractivity contribution in [3.05, 3.63) is 53.4 Å². The quantitative estimate of drug-likeness (QED) is 0.489. The lowest BCUT2D eigenvalue weighted by Crippen LogP contribution is -2.31. The smallest absolute Gasteiger partial charge is 0.227 e. The van der Waals surface area contributed by atoms with Gasteiger partial charge in [0.25, 0.3) is 0 Å². The molecule has 0 spiro atoms. The summed E-state index contributed by atoms with van der Waals surface area (Å²) in [5.74, 6) is 0.638. The zero-order chi connectivity index (χ0) is 19.6. The Labute approximate surface area is 165 Å². The molecule has 1 atom stereocenters. The van der Waals surface area contributed by atoms with E-state index in [9.17, 15) is 4.79 Å². The number of carbonyl (C=O) groups is 1. The van der Waals surface area contributed by atoms with Crippen LogP contribution in [0.25, 0.3) is 0 Å². The van der Waals surface area contributed by atoms with E-state index >= 15 is 0 Å². The van der Waals surface area contributed by atoms with Gasteiger partial charge in [0.15, 0.2) is 0 Å². The average molecular weight is 369 g/mol. The molecule has 0 aliphatic carbocycles. The number of allylic oxidation sites excluding steroid dienone is 1. The second kappa shape index (κ2) is 11.0. The number of nitrogens with one attached hydrogen (secondary N) is 1. The molecule has 0 saturated carbocycles. The van der Waals surface area contributed by atoms with E-state index in [2.05, 4.69) is 60.6 Å². The molecule has 1 saturated heterocycles. The Hall–Kier alpha value is -1.99. The topological polar surface area (TPSA) is 32.3 Å². The molecular weight excluding hydrogens is 332 g/mol. The van der Waals surface area contributed by atoms with Gasteiger partial charge >= 0.3 is 0 Å². The zero-order valence-corrected chi connectivity index (χ0v) is 17.4. The Balaban J connectivity index is 1.75. The molecule has 1 aliphatic heterocycles. The van der Waals surface area contributed by atoms with Crippen molar-refractivity contribution in [2.75, 3.05) is 19.6 Å². The van der Waals surface area contributed by atoms with Crippen molar-refractivity contribution in [1.82, 2.24) is 10.2 Å². The molecule has 1 heterocycles. The third-order valence-electron chi connectivity index (χ3n) is 5.35. The van der Waals surface area contributed by atoms with Gasteiger partial charge < -0.3 is 10.2 Å². The highest BCUT2D eigenvalue weighted by atomic mass is 16.1. The van der Waals surface area contributed by atoms with Crippen molar-refractivity contribution in [2.24, 2.45) is 5.92 Å². The van der Waals surface area contributed by atoms with Gasteiger partial charge in [0.2, 0.25) is 5.91 Å². The van der Waals surface area contributed by atoms with E-state index in [0.29, 0.717) is 12.5 Å². The van der Waals surface area contributed by atoms with E-state index < -0.39 is 0 Å². The normalized spacial score (nSPS) is 15.3. The van der Waals surface area contributed by atoms with Crippen LogP contribution in [-0.2, 0) is 11.2 Å². The van der Waals surface area contributed by atoms with Gasteiger partial charge in [0.1, 0.15) is 0 Å². The lowest BCUT2D eigenvalue weighted by atomic mass is 9.96. The summed E-state index contributed by atoms with van der Waals surface area (Å²) >= 11 is 0. The molecule has 1 aromatic carbocycles. The predicted octanol–water partition coefficient (Wildman–Crippen LogP) is 5.04. The maximum absolute atomic E-state index is 12.5. The standard InChI is InChI=1S/C24H36N2O/c1-5-23(26-16-7-6-8-17-26)10-9-15-25-24(27)20(4)22-13-11-21(12-14-22)18-19(2)3/h11-14,19-20H,1,6-10,15-18H2,2-4H3,(H,25,27)/t20-/m1/s1. The average Bonchev–Trinajstić information content (AvgIpc) is 2.68. The minimum absolute atomic E-state index is 0.105. The summed E-state index contributed by atoms with van der Waals surface area (Å²) in [6.45, 7) is 13.2. The van der Waals surface area contributed by atoms with Crippen molar-refractivity contribution in [3.8, 4) is 0 Å². The van der Waals surface area contributed by atoms with Gasteiger partial charge in [0.05, 0.1) is 11.6 Å². The Morgan fingerprint density at radius 3 is 2.41 bits per heavy atom. The van der Waals surface area contributed by atoms with Gasteiger partial charge in [-0.2, -0.15) is 0 Å². The highest BCUT2D eigenvalue weighted by molar-refractivity contribution is 5.83. The highest BCUT2D eigenvalue weighted by Gasteiger charge is 2.16. The summed E-state index contributed by atoms with van der Waals surface area (Å²) in [6.07, 6.45) is 6.79. The first kappa shape index (κ1) is 21.3. The summed E-state index contributed by atoms with van der Waals surface area (Å²) in [5.41, 5.74) is 6.73. The number of likely N-dealkylation sites (tertiary alicyclic amines) is 1. The molecule has 27 heavy (non-hydrogen) atoms. The van der Waals surface area contributed by atoms with Gasteiger partial charge in [-0.3, -0.25) is 4.79 Å². The first-order chi connectivity index (χ1) is 13.0. The number of amides is 1. The number of carbonyl (C=O) groups excluding carboxylic acids is 1. The fourth-order valence-corrected chi connectivity index (χ4v) is 3.71. The van der Waals surface area contributed by atoms with Crippen LogP contribution in [0.15, 0.2) is 42.3 Å². The molecule has 3 heteroatoms. The fourth-order valence-electron chi connectivity index (χ4n) is 3.71. The molecule has 1 aliphatic rings. The predicted molar refractivity (Wildman–Crippen MR) is 114 cm³/mol. The summed E-state index contributed by atoms with van der Waals surface area (Å²) in [5, 5.41) is 3.09. The van der Waals surface area contributed by atoms with E-state index in [4.69, 9.17) is 0 Å². The lowest BCUT2D eigenvalue weighted by Gasteiger charge is -2.30. The Kier molecular flexibility index (Phi) is 8.67. The number of benzene rings is 1. The van der Waals surface area contributed by atoms with Crippen LogP contribution < -0.4 is 5.32 Å². The second-order valence-corrected chi connectivity index (χ2v) is 8.13. The Morgan fingerprint density at radius 1 is 1.15 bits per heavy atom. The Morgan fingerprint density at radius 2 is 1.81 bits per heavy atom. The van der Waals surface area contributed by atoms with Crippen molar-refractivity contribution >= 4 is 5.91 Å². The van der Waals surface area contributed by atoms with E-state index in [1.165, 1.54) is 30.5 Å². The molecule has 1 fully saturated rings. The largest absolute Gasteiger partial charge is 0.369 e. The van der Waals surface area contributed by atoms with E-state index in [1.54, 1.807) is 0 Å². The summed E-state index contributed by atoms with van der Waals surface area (Å²) < 4.78 is 0. The maximum atomic E-state index is 12.5. The molecule has 1 aromatic rings. The molecule has 2 rings (SSSR count). The highest BCUT2D eigenvalue weighted by Crippen LogP contribution is 2.19. The number of hydrogen-bond donors (Lipinski definition) is 1. The van der Waals surface area contributed by atoms with E-state index in [0.717, 1.165) is 37.9 Å². The fraction of sp³-hybridized carbons (Fsp3) is 0.583. The lowest BCUT2D eigenvalue weighted by molar-refractivity contribution is -0.122. The van der Waals surface area contributed by atoms with Crippen molar-refractivity contribution < 1.29 is 4.79 Å². The molecule has 1 N–H and O–H groups in total. The minimum Gasteiger partial charge on any atom is -0.369 e. The number of piperidine rings is 1. The monoisotopic (exact) mass is 368 g/mol. The summed E-state index contributed by atoms with van der Waals surface area (Å²) in [7, 11) is 0. The zero-order valence-electron chi connectivity index (χ0n) is 17.4. The van der Waals surface area contributed by atoms with Crippen LogP contribution in [0.3, 0.4) is 0 Å². The molecule has 0 radical (unpaired) electrons. The SMILES string of the molecule is C=C=C(CCCNC(=O)[C@H](C)c1ccc(CC(C)C)cc1)N1CCCCC1. The molecule has 0 bridgehead atoms. The van der Waals surface area contributed by atoms with Crippen LogP contribution in [-0.4, -0.2) is 30.4 Å². The van der Waals surface area contributed by atoms with Gasteiger partial charge in [-0.05, 0) is 62.5 Å². The van der Waals surface area contributed by atoms with Crippen molar-refractivity contribution in [2.45, 2.75) is 65.2 Å². The van der Waals surface area contributed by atoms with Gasteiger partial charge in [0, 0.05) is 19.6 Å². The minimum atomic E-state index is -0.116. The molecule has 148 valence electrons. The van der Waals surface area contributed by atoms with Crippen LogP contribution in [0.1, 0.15) is 69.9 Å². The van der Waals surface area contributed by atoms with Crippen LogP contribution in [0.2, 0.25) is 0 Å². The molecule has 1 amide bonds. The van der Waals surface area contributed by atoms with Gasteiger partial charge in [-0.1, -0.05) is 44.7 Å². The van der Waals surface area contributed by atoms with Crippen molar-refractivity contribution in [1.29, 1.82) is 0 Å². The summed E-state index contributed by atoms with van der Waals surface area (Å²) in [4.78, 5) is 14.9. The first-order valence-corrected chi connectivity index (χ1v) is 10.5. The first-order valence-electron chi connectivity index (χ1n) is 10.5. The molecular formula is C24H36N2O. The summed E-state index contributed by atoms with van der Waals surface area (Å²) in [6, 6.07) is 8.49. The van der Waals surface area contributed by atoms with Gasteiger partial charge in [-0.15, -0.1) is 5.73 Å². The van der Waals surface area contributed by atoms with Crippen LogP contribution >= 0.6 is 0 Å². The number of nitrogens with zero attached hydrogens (tertiary/aromatic N) is 1. The van der Waals surface area contributed by atoms with E-state index in [1.807, 2.05) is 6.92 Å². The molecule has 0 aromatic heterocycles.